The summed E-state index contributed by atoms with van der Waals surface area (Å²) in [5.74, 6) is -1.61. The second-order valence-electron chi connectivity index (χ2n) is 6.03. The summed E-state index contributed by atoms with van der Waals surface area (Å²) in [6.07, 6.45) is 3.53. The summed E-state index contributed by atoms with van der Waals surface area (Å²) in [7, 11) is 0. The summed E-state index contributed by atoms with van der Waals surface area (Å²) in [6, 6.07) is 7.11. The average Bonchev–Trinajstić information content (AvgIpc) is 3.00. The number of benzene rings is 1. The number of carboxylic acids is 1. The third-order valence-electron chi connectivity index (χ3n) is 3.53. The van der Waals surface area contributed by atoms with Gasteiger partial charge < -0.3 is 10.4 Å². The lowest BCUT2D eigenvalue weighted by Crippen LogP contribution is -2.33. The Balaban J connectivity index is 2.02. The summed E-state index contributed by atoms with van der Waals surface area (Å²) in [5.41, 5.74) is 1.11. The van der Waals surface area contributed by atoms with E-state index in [-0.39, 0.29) is 18.4 Å². The van der Waals surface area contributed by atoms with Crippen LogP contribution in [0.25, 0.3) is 5.69 Å². The van der Waals surface area contributed by atoms with Crippen LogP contribution in [0.1, 0.15) is 30.6 Å². The Labute approximate surface area is 145 Å². The monoisotopic (exact) mass is 349 g/mol. The van der Waals surface area contributed by atoms with E-state index in [4.69, 9.17) is 11.6 Å². The highest BCUT2D eigenvalue weighted by atomic mass is 35.5. The molecular weight excluding hydrogens is 330 g/mol. The molecule has 1 unspecified atom stereocenters. The van der Waals surface area contributed by atoms with E-state index >= 15 is 0 Å². The highest BCUT2D eigenvalue weighted by Crippen LogP contribution is 2.15. The van der Waals surface area contributed by atoms with Crippen LogP contribution in [0.4, 0.5) is 0 Å². The van der Waals surface area contributed by atoms with Crippen molar-refractivity contribution in [3.8, 4) is 5.69 Å². The Hall–Kier alpha value is -2.34. The van der Waals surface area contributed by atoms with Gasteiger partial charge in [-0.05, 0) is 30.5 Å². The van der Waals surface area contributed by atoms with Crippen LogP contribution in [0.15, 0.2) is 36.7 Å². The van der Waals surface area contributed by atoms with Gasteiger partial charge in [-0.2, -0.15) is 5.10 Å². The number of hydrogen-bond acceptors (Lipinski definition) is 3. The number of nitrogens with zero attached hydrogens (tertiary/aromatic N) is 2. The van der Waals surface area contributed by atoms with Crippen LogP contribution in [0.5, 0.6) is 0 Å². The van der Waals surface area contributed by atoms with Crippen molar-refractivity contribution in [2.75, 3.05) is 6.54 Å². The predicted molar refractivity (Wildman–Crippen MR) is 91.5 cm³/mol. The standard InChI is InChI=1S/C17H20ClN3O3/c1-11(2)6-12(17(23)24)8-19-16(22)13-9-20-21(10-13)15-5-3-4-14(18)7-15/h3-5,7,9-12H,6,8H2,1-2H3,(H,19,22)(H,23,24). The Kier molecular flexibility index (Phi) is 5.98. The minimum Gasteiger partial charge on any atom is -0.481 e. The van der Waals surface area contributed by atoms with Crippen molar-refractivity contribution in [3.05, 3.63) is 47.2 Å². The van der Waals surface area contributed by atoms with Crippen molar-refractivity contribution >= 4 is 23.5 Å². The fourth-order valence-corrected chi connectivity index (χ4v) is 2.54. The first-order valence-electron chi connectivity index (χ1n) is 7.68. The van der Waals surface area contributed by atoms with Crippen molar-refractivity contribution in [1.82, 2.24) is 15.1 Å². The molecule has 2 aromatic rings. The molecule has 2 N–H and O–H groups in total. The van der Waals surface area contributed by atoms with Crippen LogP contribution in [0, 0.1) is 11.8 Å². The van der Waals surface area contributed by atoms with Crippen molar-refractivity contribution in [1.29, 1.82) is 0 Å². The number of amides is 1. The molecule has 0 spiro atoms. The van der Waals surface area contributed by atoms with Gasteiger partial charge in [0.25, 0.3) is 5.91 Å². The molecule has 0 saturated heterocycles. The molecule has 1 atom stereocenters. The molecule has 2 rings (SSSR count). The third-order valence-corrected chi connectivity index (χ3v) is 3.77. The van der Waals surface area contributed by atoms with Gasteiger partial charge in [0, 0.05) is 17.8 Å². The fraction of sp³-hybridized carbons (Fsp3) is 0.353. The number of hydrogen-bond donors (Lipinski definition) is 2. The normalized spacial score (nSPS) is 12.2. The maximum atomic E-state index is 12.2. The van der Waals surface area contributed by atoms with E-state index in [0.29, 0.717) is 17.0 Å². The van der Waals surface area contributed by atoms with Gasteiger partial charge in [-0.1, -0.05) is 31.5 Å². The van der Waals surface area contributed by atoms with Gasteiger partial charge in [-0.25, -0.2) is 4.68 Å². The van der Waals surface area contributed by atoms with Gasteiger partial charge in [0.15, 0.2) is 0 Å². The van der Waals surface area contributed by atoms with Crippen LogP contribution in [-0.2, 0) is 4.79 Å². The molecule has 24 heavy (non-hydrogen) atoms. The van der Waals surface area contributed by atoms with E-state index in [2.05, 4.69) is 10.4 Å². The highest BCUT2D eigenvalue weighted by molar-refractivity contribution is 6.30. The topological polar surface area (TPSA) is 84.2 Å². The van der Waals surface area contributed by atoms with Crippen molar-refractivity contribution in [2.45, 2.75) is 20.3 Å². The van der Waals surface area contributed by atoms with Gasteiger partial charge >= 0.3 is 5.97 Å². The molecule has 0 bridgehead atoms. The molecule has 1 aromatic carbocycles. The molecule has 128 valence electrons. The van der Waals surface area contributed by atoms with E-state index in [1.807, 2.05) is 19.9 Å². The zero-order chi connectivity index (χ0) is 17.7. The SMILES string of the molecule is CC(C)CC(CNC(=O)c1cnn(-c2cccc(Cl)c2)c1)C(=O)O. The van der Waals surface area contributed by atoms with Crippen LogP contribution < -0.4 is 5.32 Å². The largest absolute Gasteiger partial charge is 0.481 e. The van der Waals surface area contributed by atoms with Crippen LogP contribution in [0.3, 0.4) is 0 Å². The first-order chi connectivity index (χ1) is 11.4. The van der Waals surface area contributed by atoms with Gasteiger partial charge in [0.1, 0.15) is 0 Å². The predicted octanol–water partition coefficient (Wildman–Crippen LogP) is 3.00. The zero-order valence-corrected chi connectivity index (χ0v) is 14.3. The van der Waals surface area contributed by atoms with E-state index in [9.17, 15) is 14.7 Å². The quantitative estimate of drug-likeness (QED) is 0.804. The summed E-state index contributed by atoms with van der Waals surface area (Å²) in [4.78, 5) is 23.4. The van der Waals surface area contributed by atoms with E-state index in [1.54, 1.807) is 29.1 Å². The van der Waals surface area contributed by atoms with Crippen molar-refractivity contribution in [3.63, 3.8) is 0 Å². The van der Waals surface area contributed by atoms with E-state index < -0.39 is 11.9 Å². The van der Waals surface area contributed by atoms with Gasteiger partial charge in [-0.15, -0.1) is 0 Å². The lowest BCUT2D eigenvalue weighted by atomic mass is 9.97. The molecule has 1 amide bonds. The molecule has 0 fully saturated rings. The number of carbonyl (C=O) groups is 2. The second kappa shape index (κ2) is 7.97. The van der Waals surface area contributed by atoms with E-state index in [1.165, 1.54) is 6.20 Å². The number of halogens is 1. The Bertz CT molecular complexity index is 727. The fourth-order valence-electron chi connectivity index (χ4n) is 2.36. The summed E-state index contributed by atoms with van der Waals surface area (Å²) in [6.45, 7) is 3.99. The molecule has 1 aromatic heterocycles. The number of aromatic nitrogens is 2. The van der Waals surface area contributed by atoms with Gasteiger partial charge in [0.2, 0.25) is 0 Å². The number of nitrogens with one attached hydrogen (secondary N) is 1. The number of rotatable bonds is 7. The molecule has 0 radical (unpaired) electrons. The van der Waals surface area contributed by atoms with Gasteiger partial charge in [-0.3, -0.25) is 9.59 Å². The molecule has 6 nitrogen and oxygen atoms in total. The number of carbonyl (C=O) groups excluding carboxylic acids is 1. The molecular formula is C17H20ClN3O3. The number of aliphatic carboxylic acids is 1. The summed E-state index contributed by atoms with van der Waals surface area (Å²) < 4.78 is 1.55. The van der Waals surface area contributed by atoms with Gasteiger partial charge in [0.05, 0.1) is 23.4 Å². The van der Waals surface area contributed by atoms with Crippen LogP contribution in [0.2, 0.25) is 5.02 Å². The van der Waals surface area contributed by atoms with Crippen LogP contribution in [-0.4, -0.2) is 33.3 Å². The molecule has 0 aliphatic rings. The lowest BCUT2D eigenvalue weighted by molar-refractivity contribution is -0.142. The Morgan fingerprint density at radius 2 is 2.12 bits per heavy atom. The smallest absolute Gasteiger partial charge is 0.308 e. The maximum Gasteiger partial charge on any atom is 0.308 e. The highest BCUT2D eigenvalue weighted by Gasteiger charge is 2.20. The number of carboxylic acid groups (broad SMARTS) is 1. The maximum absolute atomic E-state index is 12.2. The molecule has 0 saturated carbocycles. The van der Waals surface area contributed by atoms with Crippen LogP contribution >= 0.6 is 11.6 Å². The Morgan fingerprint density at radius 3 is 2.75 bits per heavy atom. The first-order valence-corrected chi connectivity index (χ1v) is 8.06. The van der Waals surface area contributed by atoms with Crippen molar-refractivity contribution in [2.24, 2.45) is 11.8 Å². The minimum absolute atomic E-state index is 0.0920. The summed E-state index contributed by atoms with van der Waals surface area (Å²) >= 11 is 5.94. The summed E-state index contributed by atoms with van der Waals surface area (Å²) in [5, 5.41) is 16.6. The van der Waals surface area contributed by atoms with E-state index in [0.717, 1.165) is 5.69 Å². The zero-order valence-electron chi connectivity index (χ0n) is 13.6. The molecule has 7 heteroatoms. The third kappa shape index (κ3) is 4.83. The molecule has 0 aliphatic carbocycles. The Morgan fingerprint density at radius 1 is 1.38 bits per heavy atom. The lowest BCUT2D eigenvalue weighted by Gasteiger charge is -2.15. The molecule has 0 aliphatic heterocycles. The van der Waals surface area contributed by atoms with Crippen molar-refractivity contribution < 1.29 is 14.7 Å². The second-order valence-corrected chi connectivity index (χ2v) is 6.46. The molecule has 1 heterocycles. The first kappa shape index (κ1) is 18.0. The minimum atomic E-state index is -0.904. The average molecular weight is 350 g/mol.